The summed E-state index contributed by atoms with van der Waals surface area (Å²) in [6.07, 6.45) is 0. The highest BCUT2D eigenvalue weighted by atomic mass is 35.5. The summed E-state index contributed by atoms with van der Waals surface area (Å²) in [6.45, 7) is 0. The number of rotatable bonds is 3. The zero-order chi connectivity index (χ0) is 14.0. The molecule has 1 aromatic heterocycles. The van der Waals surface area contributed by atoms with E-state index in [0.29, 0.717) is 0 Å². The molecule has 1 amide bonds. The second-order valence-electron chi connectivity index (χ2n) is 3.59. The van der Waals surface area contributed by atoms with Gasteiger partial charge in [-0.05, 0) is 18.2 Å². The van der Waals surface area contributed by atoms with E-state index in [1.165, 1.54) is 18.2 Å². The molecule has 19 heavy (non-hydrogen) atoms. The third kappa shape index (κ3) is 2.83. The summed E-state index contributed by atoms with van der Waals surface area (Å²) in [5.74, 6) is -1.86. The van der Waals surface area contributed by atoms with Crippen LogP contribution in [0.2, 0.25) is 5.02 Å². The van der Waals surface area contributed by atoms with Crippen LogP contribution in [0.3, 0.4) is 0 Å². The number of nitrogens with one attached hydrogen (secondary N) is 2. The molecule has 0 atom stereocenters. The number of aromatic hydroxyl groups is 1. The lowest BCUT2D eigenvalue weighted by molar-refractivity contribution is 0.0690. The minimum absolute atomic E-state index is 0.0433. The number of aromatic amines is 1. The Labute approximate surface area is 111 Å². The highest BCUT2D eigenvalue weighted by Gasteiger charge is 2.14. The molecule has 0 saturated heterocycles. The number of anilines is 1. The molecule has 7 nitrogen and oxygen atoms in total. The fraction of sp³-hybridized carbons (Fsp3) is 0. The maximum Gasteiger partial charge on any atom is 0.353 e. The molecule has 1 heterocycles. The zero-order valence-electron chi connectivity index (χ0n) is 9.35. The van der Waals surface area contributed by atoms with Crippen molar-refractivity contribution < 1.29 is 19.8 Å². The quantitative estimate of drug-likeness (QED) is 0.684. The summed E-state index contributed by atoms with van der Waals surface area (Å²) in [6, 6.07) is 5.08. The van der Waals surface area contributed by atoms with E-state index in [2.05, 4.69) is 15.5 Å². The van der Waals surface area contributed by atoms with Gasteiger partial charge in [-0.1, -0.05) is 11.6 Å². The molecular formula is C11H8ClN3O4. The van der Waals surface area contributed by atoms with Gasteiger partial charge in [0.05, 0.1) is 10.6 Å². The van der Waals surface area contributed by atoms with Crippen molar-refractivity contribution in [3.8, 4) is 5.75 Å². The minimum atomic E-state index is -1.19. The van der Waals surface area contributed by atoms with Crippen molar-refractivity contribution in [3.05, 3.63) is 40.5 Å². The number of hydrogen-bond donors (Lipinski definition) is 4. The lowest BCUT2D eigenvalue weighted by atomic mass is 10.2. The monoisotopic (exact) mass is 281 g/mol. The SMILES string of the molecule is O=C(O)c1cc(NC(=O)c2cc(O)ccc2Cl)n[nH]1. The van der Waals surface area contributed by atoms with Gasteiger partial charge in [0.25, 0.3) is 5.91 Å². The van der Waals surface area contributed by atoms with E-state index in [9.17, 15) is 14.7 Å². The summed E-state index contributed by atoms with van der Waals surface area (Å²) in [5.41, 5.74) is -0.0983. The molecule has 0 spiro atoms. The first-order chi connectivity index (χ1) is 8.97. The van der Waals surface area contributed by atoms with Gasteiger partial charge in [0.2, 0.25) is 0 Å². The first kappa shape index (κ1) is 12.9. The normalized spacial score (nSPS) is 10.2. The molecule has 0 unspecified atom stereocenters. The van der Waals surface area contributed by atoms with Gasteiger partial charge in [-0.15, -0.1) is 0 Å². The van der Waals surface area contributed by atoms with Crippen molar-refractivity contribution >= 4 is 29.3 Å². The van der Waals surface area contributed by atoms with E-state index < -0.39 is 11.9 Å². The van der Waals surface area contributed by atoms with Crippen LogP contribution in [0, 0.1) is 0 Å². The summed E-state index contributed by atoms with van der Waals surface area (Å²) in [7, 11) is 0. The van der Waals surface area contributed by atoms with Gasteiger partial charge in [0, 0.05) is 6.07 Å². The summed E-state index contributed by atoms with van der Waals surface area (Å²) < 4.78 is 0. The number of benzene rings is 1. The molecule has 0 aliphatic rings. The van der Waals surface area contributed by atoms with Gasteiger partial charge in [-0.25, -0.2) is 4.79 Å². The lowest BCUT2D eigenvalue weighted by Gasteiger charge is -2.04. The van der Waals surface area contributed by atoms with Crippen molar-refractivity contribution in [2.45, 2.75) is 0 Å². The Morgan fingerprint density at radius 2 is 2.05 bits per heavy atom. The molecule has 1 aromatic carbocycles. The number of carboxylic acids is 1. The number of carbonyl (C=O) groups excluding carboxylic acids is 1. The van der Waals surface area contributed by atoms with Crippen LogP contribution in [0.15, 0.2) is 24.3 Å². The van der Waals surface area contributed by atoms with Gasteiger partial charge >= 0.3 is 5.97 Å². The third-order valence-corrected chi connectivity index (χ3v) is 2.57. The predicted molar refractivity (Wildman–Crippen MR) is 66.6 cm³/mol. The summed E-state index contributed by atoms with van der Waals surface area (Å²) in [5, 5.41) is 26.4. The minimum Gasteiger partial charge on any atom is -0.508 e. The number of H-pyrrole nitrogens is 1. The number of carboxylic acid groups (broad SMARTS) is 1. The smallest absolute Gasteiger partial charge is 0.353 e. The molecule has 2 rings (SSSR count). The van der Waals surface area contributed by atoms with Crippen LogP contribution < -0.4 is 5.32 Å². The Bertz CT molecular complexity index is 653. The standard InChI is InChI=1S/C11H8ClN3O4/c12-7-2-1-5(16)3-6(7)10(17)13-9-4-8(11(18)19)14-15-9/h1-4,16H,(H,18,19)(H2,13,14,15,17). The average molecular weight is 282 g/mol. The van der Waals surface area contributed by atoms with Crippen LogP contribution in [-0.2, 0) is 0 Å². The molecule has 98 valence electrons. The Morgan fingerprint density at radius 3 is 2.68 bits per heavy atom. The second-order valence-corrected chi connectivity index (χ2v) is 4.00. The molecular weight excluding hydrogens is 274 g/mol. The van der Waals surface area contributed by atoms with Crippen molar-refractivity contribution in [2.24, 2.45) is 0 Å². The largest absolute Gasteiger partial charge is 0.508 e. The molecule has 0 radical (unpaired) electrons. The maximum atomic E-state index is 11.9. The maximum absolute atomic E-state index is 11.9. The van der Waals surface area contributed by atoms with E-state index in [0.717, 1.165) is 6.07 Å². The van der Waals surface area contributed by atoms with Crippen LogP contribution in [0.1, 0.15) is 20.8 Å². The van der Waals surface area contributed by atoms with E-state index in [-0.39, 0.29) is 27.8 Å². The van der Waals surface area contributed by atoms with Crippen molar-refractivity contribution in [1.82, 2.24) is 10.2 Å². The highest BCUT2D eigenvalue weighted by Crippen LogP contribution is 2.22. The lowest BCUT2D eigenvalue weighted by Crippen LogP contribution is -2.12. The number of halogens is 1. The number of aromatic nitrogens is 2. The van der Waals surface area contributed by atoms with Crippen LogP contribution in [-0.4, -0.2) is 32.3 Å². The third-order valence-electron chi connectivity index (χ3n) is 2.24. The van der Waals surface area contributed by atoms with Gasteiger partial charge in [-0.3, -0.25) is 9.89 Å². The predicted octanol–water partition coefficient (Wildman–Crippen LogP) is 1.72. The van der Waals surface area contributed by atoms with E-state index in [1.54, 1.807) is 0 Å². The summed E-state index contributed by atoms with van der Waals surface area (Å²) in [4.78, 5) is 22.5. The fourth-order valence-corrected chi connectivity index (χ4v) is 1.57. The number of phenols is 1. The zero-order valence-corrected chi connectivity index (χ0v) is 10.1. The Kier molecular flexibility index (Phi) is 3.39. The van der Waals surface area contributed by atoms with Crippen LogP contribution >= 0.6 is 11.6 Å². The fourth-order valence-electron chi connectivity index (χ4n) is 1.37. The van der Waals surface area contributed by atoms with E-state index >= 15 is 0 Å². The molecule has 0 fully saturated rings. The molecule has 4 N–H and O–H groups in total. The highest BCUT2D eigenvalue weighted by molar-refractivity contribution is 6.34. The van der Waals surface area contributed by atoms with Crippen molar-refractivity contribution in [3.63, 3.8) is 0 Å². The topological polar surface area (TPSA) is 115 Å². The molecule has 0 bridgehead atoms. The Hall–Kier alpha value is -2.54. The second kappa shape index (κ2) is 4.99. The van der Waals surface area contributed by atoms with E-state index in [1.807, 2.05) is 0 Å². The first-order valence-electron chi connectivity index (χ1n) is 5.06. The number of amides is 1. The number of hydrogen-bond acceptors (Lipinski definition) is 4. The van der Waals surface area contributed by atoms with Gasteiger partial charge in [-0.2, -0.15) is 5.10 Å². The molecule has 0 aliphatic heterocycles. The summed E-state index contributed by atoms with van der Waals surface area (Å²) >= 11 is 5.82. The van der Waals surface area contributed by atoms with Gasteiger partial charge in [0.1, 0.15) is 11.4 Å². The van der Waals surface area contributed by atoms with Gasteiger partial charge < -0.3 is 15.5 Å². The van der Waals surface area contributed by atoms with Crippen LogP contribution in [0.5, 0.6) is 5.75 Å². The van der Waals surface area contributed by atoms with Gasteiger partial charge in [0.15, 0.2) is 5.82 Å². The number of aromatic carboxylic acids is 1. The average Bonchev–Trinajstić information content (AvgIpc) is 2.80. The number of carbonyl (C=O) groups is 2. The first-order valence-corrected chi connectivity index (χ1v) is 5.44. The van der Waals surface area contributed by atoms with Crippen LogP contribution in [0.25, 0.3) is 0 Å². The molecule has 0 saturated carbocycles. The Morgan fingerprint density at radius 1 is 1.32 bits per heavy atom. The Balaban J connectivity index is 2.20. The molecule has 0 aliphatic carbocycles. The molecule has 2 aromatic rings. The molecule has 8 heteroatoms. The van der Waals surface area contributed by atoms with Crippen LogP contribution in [0.4, 0.5) is 5.82 Å². The number of nitrogens with zero attached hydrogens (tertiary/aromatic N) is 1. The van der Waals surface area contributed by atoms with Crippen molar-refractivity contribution in [2.75, 3.05) is 5.32 Å². The van der Waals surface area contributed by atoms with E-state index in [4.69, 9.17) is 16.7 Å². The number of phenolic OH excluding ortho intramolecular Hbond substituents is 1. The van der Waals surface area contributed by atoms with Crippen molar-refractivity contribution in [1.29, 1.82) is 0 Å².